The molecule has 0 aromatic heterocycles. The first-order valence-corrected chi connectivity index (χ1v) is 8.12. The van der Waals surface area contributed by atoms with Crippen molar-refractivity contribution in [1.82, 2.24) is 5.32 Å². The van der Waals surface area contributed by atoms with E-state index in [0.29, 0.717) is 12.1 Å². The van der Waals surface area contributed by atoms with Crippen LogP contribution in [0.15, 0.2) is 18.2 Å². The molecular formula is C12H15N3O5S. The summed E-state index contributed by atoms with van der Waals surface area (Å²) in [5.41, 5.74) is 0.369. The molecule has 2 rings (SSSR count). The van der Waals surface area contributed by atoms with Crippen LogP contribution in [0, 0.1) is 10.1 Å². The van der Waals surface area contributed by atoms with Crippen LogP contribution in [0.3, 0.4) is 0 Å². The smallest absolute Gasteiger partial charge is 0.270 e. The number of benzene rings is 1. The Kier molecular flexibility index (Phi) is 4.12. The van der Waals surface area contributed by atoms with Crippen molar-refractivity contribution < 1.29 is 18.1 Å². The van der Waals surface area contributed by atoms with Gasteiger partial charge in [-0.1, -0.05) is 0 Å². The molecule has 1 unspecified atom stereocenters. The van der Waals surface area contributed by atoms with Crippen molar-refractivity contribution in [2.45, 2.75) is 12.5 Å². The minimum Gasteiger partial charge on any atom is -0.387 e. The highest BCUT2D eigenvalue weighted by atomic mass is 32.2. The van der Waals surface area contributed by atoms with E-state index in [0.717, 1.165) is 0 Å². The average molecular weight is 313 g/mol. The Morgan fingerprint density at radius 3 is 2.67 bits per heavy atom. The third-order valence-electron chi connectivity index (χ3n) is 3.30. The van der Waals surface area contributed by atoms with Crippen LogP contribution in [0.25, 0.3) is 0 Å². The Balaban J connectivity index is 2.22. The van der Waals surface area contributed by atoms with Gasteiger partial charge in [0.05, 0.1) is 22.0 Å². The monoisotopic (exact) mass is 313 g/mol. The van der Waals surface area contributed by atoms with Gasteiger partial charge in [0.25, 0.3) is 11.6 Å². The molecule has 0 radical (unpaired) electrons. The summed E-state index contributed by atoms with van der Waals surface area (Å²) in [4.78, 5) is 22.4. The van der Waals surface area contributed by atoms with E-state index in [9.17, 15) is 23.3 Å². The number of nitro groups is 1. The standard InChI is InChI=1S/C12H15N3O5S/c1-13-11-3-2-9(15(17)18)6-10(11)12(16)14-8-4-5-21(19,20)7-8/h2-3,6,8,13H,4-5,7H2,1H3,(H,14,16). The summed E-state index contributed by atoms with van der Waals surface area (Å²) in [6, 6.07) is 3.46. The second kappa shape index (κ2) is 5.68. The van der Waals surface area contributed by atoms with Crippen LogP contribution in [0.4, 0.5) is 11.4 Å². The number of nitrogens with one attached hydrogen (secondary N) is 2. The van der Waals surface area contributed by atoms with Gasteiger partial charge in [-0.05, 0) is 12.5 Å². The molecule has 1 saturated heterocycles. The summed E-state index contributed by atoms with van der Waals surface area (Å²) in [5, 5.41) is 16.2. The summed E-state index contributed by atoms with van der Waals surface area (Å²) >= 11 is 0. The quantitative estimate of drug-likeness (QED) is 0.619. The first-order chi connectivity index (χ1) is 9.82. The second-order valence-electron chi connectivity index (χ2n) is 4.81. The van der Waals surface area contributed by atoms with E-state index < -0.39 is 26.7 Å². The molecule has 1 aromatic carbocycles. The molecular weight excluding hydrogens is 298 g/mol. The zero-order valence-corrected chi connectivity index (χ0v) is 12.1. The molecule has 0 aliphatic carbocycles. The lowest BCUT2D eigenvalue weighted by atomic mass is 10.1. The molecule has 1 fully saturated rings. The highest BCUT2D eigenvalue weighted by Crippen LogP contribution is 2.22. The molecule has 1 aromatic rings. The molecule has 1 amide bonds. The Bertz CT molecular complexity index is 686. The van der Waals surface area contributed by atoms with Crippen LogP contribution in [0.2, 0.25) is 0 Å². The predicted molar refractivity (Wildman–Crippen MR) is 77.2 cm³/mol. The van der Waals surface area contributed by atoms with Gasteiger partial charge in [0.15, 0.2) is 9.84 Å². The highest BCUT2D eigenvalue weighted by molar-refractivity contribution is 7.91. The molecule has 2 N–H and O–H groups in total. The SMILES string of the molecule is CNc1ccc([N+](=O)[O-])cc1C(=O)NC1CCS(=O)(=O)C1. The number of rotatable bonds is 4. The molecule has 9 heteroatoms. The van der Waals surface area contributed by atoms with Crippen molar-refractivity contribution in [2.75, 3.05) is 23.9 Å². The van der Waals surface area contributed by atoms with Gasteiger partial charge in [-0.25, -0.2) is 8.42 Å². The summed E-state index contributed by atoms with van der Waals surface area (Å²) in [7, 11) is -1.50. The lowest BCUT2D eigenvalue weighted by molar-refractivity contribution is -0.384. The molecule has 1 aliphatic rings. The maximum atomic E-state index is 12.2. The van der Waals surface area contributed by atoms with Crippen molar-refractivity contribution in [2.24, 2.45) is 0 Å². The zero-order chi connectivity index (χ0) is 15.6. The fourth-order valence-electron chi connectivity index (χ4n) is 2.22. The predicted octanol–water partition coefficient (Wildman–Crippen LogP) is 0.553. The van der Waals surface area contributed by atoms with Crippen molar-refractivity contribution >= 4 is 27.1 Å². The van der Waals surface area contributed by atoms with E-state index in [2.05, 4.69) is 10.6 Å². The van der Waals surface area contributed by atoms with Crippen molar-refractivity contribution in [3.8, 4) is 0 Å². The topological polar surface area (TPSA) is 118 Å². The number of carbonyl (C=O) groups excluding carboxylic acids is 1. The number of nitrogens with zero attached hydrogens (tertiary/aromatic N) is 1. The number of anilines is 1. The van der Waals surface area contributed by atoms with E-state index in [4.69, 9.17) is 0 Å². The van der Waals surface area contributed by atoms with E-state index in [-0.39, 0.29) is 22.8 Å². The molecule has 21 heavy (non-hydrogen) atoms. The molecule has 1 aliphatic heterocycles. The molecule has 8 nitrogen and oxygen atoms in total. The number of carbonyl (C=O) groups is 1. The van der Waals surface area contributed by atoms with E-state index >= 15 is 0 Å². The van der Waals surface area contributed by atoms with Gasteiger partial charge in [-0.2, -0.15) is 0 Å². The molecule has 0 saturated carbocycles. The summed E-state index contributed by atoms with van der Waals surface area (Å²) in [5.74, 6) is -0.570. The number of sulfone groups is 1. The Labute approximate surface area is 121 Å². The first-order valence-electron chi connectivity index (χ1n) is 6.30. The van der Waals surface area contributed by atoms with Gasteiger partial charge >= 0.3 is 0 Å². The number of amides is 1. The lowest BCUT2D eigenvalue weighted by Crippen LogP contribution is -2.35. The second-order valence-corrected chi connectivity index (χ2v) is 7.04. The molecule has 0 spiro atoms. The normalized spacial score (nSPS) is 20.0. The third kappa shape index (κ3) is 3.48. The van der Waals surface area contributed by atoms with E-state index in [1.54, 1.807) is 7.05 Å². The van der Waals surface area contributed by atoms with Crippen LogP contribution >= 0.6 is 0 Å². The Morgan fingerprint density at radius 1 is 1.43 bits per heavy atom. The van der Waals surface area contributed by atoms with Gasteiger partial charge in [-0.15, -0.1) is 0 Å². The number of hydrogen-bond acceptors (Lipinski definition) is 6. The van der Waals surface area contributed by atoms with E-state index in [1.807, 2.05) is 0 Å². The fraction of sp³-hybridized carbons (Fsp3) is 0.417. The minimum atomic E-state index is -3.10. The van der Waals surface area contributed by atoms with Crippen molar-refractivity contribution in [3.63, 3.8) is 0 Å². The van der Waals surface area contributed by atoms with Crippen molar-refractivity contribution in [3.05, 3.63) is 33.9 Å². The van der Waals surface area contributed by atoms with Crippen LogP contribution in [-0.2, 0) is 9.84 Å². The van der Waals surface area contributed by atoms with Crippen LogP contribution in [0.5, 0.6) is 0 Å². The molecule has 114 valence electrons. The van der Waals surface area contributed by atoms with E-state index in [1.165, 1.54) is 18.2 Å². The summed E-state index contributed by atoms with van der Waals surface area (Å²) in [6.07, 6.45) is 0.359. The van der Waals surface area contributed by atoms with Gasteiger partial charge < -0.3 is 10.6 Å². The largest absolute Gasteiger partial charge is 0.387 e. The van der Waals surface area contributed by atoms with Crippen LogP contribution in [0.1, 0.15) is 16.8 Å². The molecule has 1 heterocycles. The maximum Gasteiger partial charge on any atom is 0.270 e. The highest BCUT2D eigenvalue weighted by Gasteiger charge is 2.29. The zero-order valence-electron chi connectivity index (χ0n) is 11.3. The number of nitro benzene ring substituents is 1. The van der Waals surface area contributed by atoms with Gasteiger partial charge in [0.2, 0.25) is 0 Å². The Morgan fingerprint density at radius 2 is 2.14 bits per heavy atom. The average Bonchev–Trinajstić information content (AvgIpc) is 2.76. The van der Waals surface area contributed by atoms with Gasteiger partial charge in [0, 0.05) is 30.9 Å². The lowest BCUT2D eigenvalue weighted by Gasteiger charge is -2.13. The molecule has 0 bridgehead atoms. The van der Waals surface area contributed by atoms with Gasteiger partial charge in [0.1, 0.15) is 0 Å². The third-order valence-corrected chi connectivity index (χ3v) is 5.06. The summed E-state index contributed by atoms with van der Waals surface area (Å²) in [6.45, 7) is 0. The van der Waals surface area contributed by atoms with Crippen LogP contribution in [-0.4, -0.2) is 43.8 Å². The Hall–Kier alpha value is -2.16. The van der Waals surface area contributed by atoms with Gasteiger partial charge in [-0.3, -0.25) is 14.9 Å². The first kappa shape index (κ1) is 15.2. The summed E-state index contributed by atoms with van der Waals surface area (Å²) < 4.78 is 22.7. The number of hydrogen-bond donors (Lipinski definition) is 2. The van der Waals surface area contributed by atoms with Crippen LogP contribution < -0.4 is 10.6 Å². The molecule has 1 atom stereocenters. The maximum absolute atomic E-state index is 12.2. The van der Waals surface area contributed by atoms with Crippen molar-refractivity contribution in [1.29, 1.82) is 0 Å². The minimum absolute atomic E-state index is 0.0474. The fourth-order valence-corrected chi connectivity index (χ4v) is 3.90. The number of non-ortho nitro benzene ring substituents is 1.